The van der Waals surface area contributed by atoms with Crippen molar-refractivity contribution in [2.24, 2.45) is 5.92 Å². The summed E-state index contributed by atoms with van der Waals surface area (Å²) in [7, 11) is 0. The van der Waals surface area contributed by atoms with Crippen molar-refractivity contribution in [1.29, 1.82) is 0 Å². The Balaban J connectivity index is 1.74. The third kappa shape index (κ3) is 2.31. The normalized spacial score (nSPS) is 19.6. The van der Waals surface area contributed by atoms with Crippen molar-refractivity contribution >= 4 is 22.7 Å². The molecule has 0 N–H and O–H groups in total. The zero-order chi connectivity index (χ0) is 14.1. The molecule has 1 atom stereocenters. The highest BCUT2D eigenvalue weighted by Gasteiger charge is 2.27. The average Bonchev–Trinajstić information content (AvgIpc) is 2.85. The summed E-state index contributed by atoms with van der Waals surface area (Å²) in [5.41, 5.74) is 1.35. The number of carbonyl (C=O) groups excluding carboxylic acids is 2. The SMILES string of the molecule is CC1CN(C(=O)Cc2noc3ccccc23)CCC1=O. The first kappa shape index (κ1) is 12.8. The number of para-hydroxylation sites is 1. The van der Waals surface area contributed by atoms with E-state index in [2.05, 4.69) is 5.16 Å². The van der Waals surface area contributed by atoms with Crippen LogP contribution >= 0.6 is 0 Å². The molecule has 2 aromatic rings. The van der Waals surface area contributed by atoms with E-state index in [0.29, 0.717) is 30.8 Å². The summed E-state index contributed by atoms with van der Waals surface area (Å²) in [4.78, 5) is 25.5. The van der Waals surface area contributed by atoms with Gasteiger partial charge in [0.15, 0.2) is 5.58 Å². The van der Waals surface area contributed by atoms with Gasteiger partial charge >= 0.3 is 0 Å². The Kier molecular flexibility index (Phi) is 3.26. The molecule has 5 nitrogen and oxygen atoms in total. The van der Waals surface area contributed by atoms with Crippen LogP contribution in [0.15, 0.2) is 28.8 Å². The maximum atomic E-state index is 12.3. The number of amides is 1. The van der Waals surface area contributed by atoms with Gasteiger partial charge in [-0.1, -0.05) is 24.2 Å². The van der Waals surface area contributed by atoms with Gasteiger partial charge in [-0.05, 0) is 12.1 Å². The first-order valence-electron chi connectivity index (χ1n) is 6.79. The average molecular weight is 272 g/mol. The summed E-state index contributed by atoms with van der Waals surface area (Å²) in [5.74, 6) is 0.172. The Labute approximate surface area is 116 Å². The summed E-state index contributed by atoms with van der Waals surface area (Å²) >= 11 is 0. The second kappa shape index (κ2) is 5.07. The smallest absolute Gasteiger partial charge is 0.228 e. The molecular formula is C15H16N2O3. The van der Waals surface area contributed by atoms with Crippen LogP contribution in [0, 0.1) is 5.92 Å². The van der Waals surface area contributed by atoms with E-state index < -0.39 is 0 Å². The second-order valence-electron chi connectivity index (χ2n) is 5.26. The first-order chi connectivity index (χ1) is 9.65. The highest BCUT2D eigenvalue weighted by Crippen LogP contribution is 2.20. The highest BCUT2D eigenvalue weighted by molar-refractivity contribution is 5.88. The molecule has 1 fully saturated rings. The van der Waals surface area contributed by atoms with Crippen LogP contribution in [0.3, 0.4) is 0 Å². The van der Waals surface area contributed by atoms with E-state index in [0.717, 1.165) is 5.39 Å². The molecule has 1 amide bonds. The van der Waals surface area contributed by atoms with Gasteiger partial charge < -0.3 is 9.42 Å². The Morgan fingerprint density at radius 3 is 3.05 bits per heavy atom. The number of Topliss-reactive ketones (excluding diaryl/α,β-unsaturated/α-hetero) is 1. The van der Waals surface area contributed by atoms with Crippen LogP contribution < -0.4 is 0 Å². The van der Waals surface area contributed by atoms with E-state index in [4.69, 9.17) is 4.52 Å². The Morgan fingerprint density at radius 1 is 1.45 bits per heavy atom. The van der Waals surface area contributed by atoms with Crippen LogP contribution in [0.2, 0.25) is 0 Å². The van der Waals surface area contributed by atoms with E-state index in [1.807, 2.05) is 31.2 Å². The number of hydrogen-bond donors (Lipinski definition) is 0. The van der Waals surface area contributed by atoms with Crippen LogP contribution in [0.25, 0.3) is 11.0 Å². The lowest BCUT2D eigenvalue weighted by Crippen LogP contribution is -2.43. The highest BCUT2D eigenvalue weighted by atomic mass is 16.5. The number of rotatable bonds is 2. The molecular weight excluding hydrogens is 256 g/mol. The van der Waals surface area contributed by atoms with Crippen molar-refractivity contribution in [3.05, 3.63) is 30.0 Å². The zero-order valence-corrected chi connectivity index (χ0v) is 11.3. The maximum absolute atomic E-state index is 12.3. The second-order valence-corrected chi connectivity index (χ2v) is 5.26. The minimum absolute atomic E-state index is 0.00315. The van der Waals surface area contributed by atoms with Crippen LogP contribution in [0.4, 0.5) is 0 Å². The number of hydrogen-bond acceptors (Lipinski definition) is 4. The van der Waals surface area contributed by atoms with E-state index in [-0.39, 0.29) is 24.0 Å². The monoisotopic (exact) mass is 272 g/mol. The molecule has 3 rings (SSSR count). The van der Waals surface area contributed by atoms with Gasteiger partial charge in [0, 0.05) is 30.8 Å². The number of nitrogens with zero attached hydrogens (tertiary/aromatic N) is 2. The molecule has 0 radical (unpaired) electrons. The van der Waals surface area contributed by atoms with Crippen molar-refractivity contribution in [3.63, 3.8) is 0 Å². The maximum Gasteiger partial charge on any atom is 0.228 e. The number of piperidine rings is 1. The minimum Gasteiger partial charge on any atom is -0.356 e. The van der Waals surface area contributed by atoms with Gasteiger partial charge in [-0.2, -0.15) is 0 Å². The molecule has 104 valence electrons. The van der Waals surface area contributed by atoms with Gasteiger partial charge in [-0.25, -0.2) is 0 Å². The molecule has 0 aliphatic carbocycles. The number of benzene rings is 1. The summed E-state index contributed by atoms with van der Waals surface area (Å²) in [5, 5.41) is 4.85. The Bertz CT molecular complexity index is 662. The topological polar surface area (TPSA) is 63.4 Å². The number of likely N-dealkylation sites (tertiary alicyclic amines) is 1. The van der Waals surface area contributed by atoms with E-state index >= 15 is 0 Å². The lowest BCUT2D eigenvalue weighted by molar-refractivity contribution is -0.136. The molecule has 1 unspecified atom stereocenters. The van der Waals surface area contributed by atoms with Crippen molar-refractivity contribution in [3.8, 4) is 0 Å². The molecule has 1 saturated heterocycles. The summed E-state index contributed by atoms with van der Waals surface area (Å²) in [6.45, 7) is 2.89. The molecule has 20 heavy (non-hydrogen) atoms. The van der Waals surface area contributed by atoms with Gasteiger partial charge in [0.2, 0.25) is 5.91 Å². The third-order valence-corrected chi connectivity index (χ3v) is 3.80. The van der Waals surface area contributed by atoms with Crippen molar-refractivity contribution < 1.29 is 14.1 Å². The quantitative estimate of drug-likeness (QED) is 0.836. The lowest BCUT2D eigenvalue weighted by Gasteiger charge is -2.29. The first-order valence-corrected chi connectivity index (χ1v) is 6.79. The fraction of sp³-hybridized carbons (Fsp3) is 0.400. The van der Waals surface area contributed by atoms with Gasteiger partial charge in [-0.15, -0.1) is 0 Å². The fourth-order valence-electron chi connectivity index (χ4n) is 2.56. The lowest BCUT2D eigenvalue weighted by atomic mass is 9.98. The molecule has 1 aromatic carbocycles. The van der Waals surface area contributed by atoms with Gasteiger partial charge in [0.05, 0.1) is 6.42 Å². The van der Waals surface area contributed by atoms with E-state index in [1.54, 1.807) is 4.90 Å². The Hall–Kier alpha value is -2.17. The molecule has 1 aromatic heterocycles. The fourth-order valence-corrected chi connectivity index (χ4v) is 2.56. The largest absolute Gasteiger partial charge is 0.356 e. The predicted molar refractivity (Wildman–Crippen MR) is 73.1 cm³/mol. The van der Waals surface area contributed by atoms with E-state index in [1.165, 1.54) is 0 Å². The predicted octanol–water partition coefficient (Wildman–Crippen LogP) is 1.81. The van der Waals surface area contributed by atoms with Crippen LogP contribution in [-0.2, 0) is 16.0 Å². The van der Waals surface area contributed by atoms with E-state index in [9.17, 15) is 9.59 Å². The van der Waals surface area contributed by atoms with Gasteiger partial charge in [-0.3, -0.25) is 9.59 Å². The minimum atomic E-state index is -0.0678. The third-order valence-electron chi connectivity index (χ3n) is 3.80. The van der Waals surface area contributed by atoms with Gasteiger partial charge in [0.25, 0.3) is 0 Å². The number of ketones is 1. The van der Waals surface area contributed by atoms with Crippen molar-refractivity contribution in [2.45, 2.75) is 19.8 Å². The molecule has 0 spiro atoms. The van der Waals surface area contributed by atoms with Crippen LogP contribution in [-0.4, -0.2) is 34.8 Å². The number of aromatic nitrogens is 1. The molecule has 5 heteroatoms. The van der Waals surface area contributed by atoms with Crippen molar-refractivity contribution in [2.75, 3.05) is 13.1 Å². The molecule has 0 saturated carbocycles. The standard InChI is InChI=1S/C15H16N2O3/c1-10-9-17(7-6-13(10)18)15(19)8-12-11-4-2-3-5-14(11)20-16-12/h2-5,10H,6-9H2,1H3. The van der Waals surface area contributed by atoms with Crippen molar-refractivity contribution in [1.82, 2.24) is 10.1 Å². The van der Waals surface area contributed by atoms with Gasteiger partial charge in [0.1, 0.15) is 11.5 Å². The zero-order valence-electron chi connectivity index (χ0n) is 11.3. The molecule has 1 aliphatic heterocycles. The molecule has 1 aliphatic rings. The van der Waals surface area contributed by atoms with Crippen LogP contribution in [0.5, 0.6) is 0 Å². The number of carbonyl (C=O) groups is 2. The molecule has 2 heterocycles. The summed E-state index contributed by atoms with van der Waals surface area (Å²) in [6, 6.07) is 7.50. The van der Waals surface area contributed by atoms with Crippen LogP contribution in [0.1, 0.15) is 19.0 Å². The Morgan fingerprint density at radius 2 is 2.25 bits per heavy atom. The molecule has 0 bridgehead atoms. The summed E-state index contributed by atoms with van der Waals surface area (Å²) in [6.07, 6.45) is 0.671. The summed E-state index contributed by atoms with van der Waals surface area (Å²) < 4.78 is 5.20. The number of fused-ring (bicyclic) bond motifs is 1.